The number of hydrogen-bond acceptors (Lipinski definition) is 6. The van der Waals surface area contributed by atoms with Crippen molar-refractivity contribution in [3.63, 3.8) is 0 Å². The van der Waals surface area contributed by atoms with Crippen LogP contribution < -0.4 is 15.0 Å². The first-order valence-corrected chi connectivity index (χ1v) is 9.15. The van der Waals surface area contributed by atoms with Crippen LogP contribution in [0.15, 0.2) is 24.3 Å². The predicted octanol–water partition coefficient (Wildman–Crippen LogP) is 3.29. The van der Waals surface area contributed by atoms with Gasteiger partial charge < -0.3 is 20.1 Å². The van der Waals surface area contributed by atoms with E-state index in [1.54, 1.807) is 6.07 Å². The number of anilines is 2. The fourth-order valence-electron chi connectivity index (χ4n) is 3.08. The van der Waals surface area contributed by atoms with Crippen molar-refractivity contribution in [2.75, 3.05) is 23.4 Å². The monoisotopic (exact) mass is 396 g/mol. The quantitative estimate of drug-likeness (QED) is 0.781. The topological polar surface area (TPSA) is 70.5 Å². The SMILES string of the molecule is CCc1cc(N2CCc3ccc(OC(F)(F)F)cc3C2)nc(N[C@@H](C)CO)n1. The Hall–Kier alpha value is -2.55. The lowest BCUT2D eigenvalue weighted by Crippen LogP contribution is -2.32. The second kappa shape index (κ2) is 8.22. The molecule has 1 aliphatic heterocycles. The van der Waals surface area contributed by atoms with Gasteiger partial charge in [-0.2, -0.15) is 4.98 Å². The smallest absolute Gasteiger partial charge is 0.406 e. The number of nitrogens with one attached hydrogen (secondary N) is 1. The van der Waals surface area contributed by atoms with Gasteiger partial charge in [0.05, 0.1) is 6.61 Å². The molecule has 0 radical (unpaired) electrons. The second-order valence-electron chi connectivity index (χ2n) is 6.77. The fourth-order valence-corrected chi connectivity index (χ4v) is 3.08. The van der Waals surface area contributed by atoms with Crippen molar-refractivity contribution in [1.82, 2.24) is 9.97 Å². The van der Waals surface area contributed by atoms with Gasteiger partial charge in [-0.1, -0.05) is 13.0 Å². The van der Waals surface area contributed by atoms with Gasteiger partial charge in [-0.25, -0.2) is 4.98 Å². The van der Waals surface area contributed by atoms with Gasteiger partial charge in [-0.15, -0.1) is 13.2 Å². The molecule has 1 aromatic heterocycles. The van der Waals surface area contributed by atoms with E-state index in [0.717, 1.165) is 16.8 Å². The number of ether oxygens (including phenoxy) is 1. The molecule has 1 atom stereocenters. The van der Waals surface area contributed by atoms with Crippen molar-refractivity contribution < 1.29 is 23.0 Å². The molecule has 0 amide bonds. The molecule has 2 N–H and O–H groups in total. The Morgan fingerprint density at radius 1 is 1.25 bits per heavy atom. The van der Waals surface area contributed by atoms with E-state index in [-0.39, 0.29) is 18.4 Å². The second-order valence-corrected chi connectivity index (χ2v) is 6.77. The molecule has 3 rings (SSSR count). The van der Waals surface area contributed by atoms with Gasteiger partial charge in [0.2, 0.25) is 5.95 Å². The van der Waals surface area contributed by atoms with Gasteiger partial charge >= 0.3 is 6.36 Å². The van der Waals surface area contributed by atoms with Crippen molar-refractivity contribution >= 4 is 11.8 Å². The highest BCUT2D eigenvalue weighted by molar-refractivity contribution is 5.49. The molecule has 9 heteroatoms. The highest BCUT2D eigenvalue weighted by Crippen LogP contribution is 2.30. The third kappa shape index (κ3) is 5.03. The van der Waals surface area contributed by atoms with Gasteiger partial charge in [-0.05, 0) is 43.0 Å². The summed E-state index contributed by atoms with van der Waals surface area (Å²) in [5.41, 5.74) is 2.63. The lowest BCUT2D eigenvalue weighted by molar-refractivity contribution is -0.274. The van der Waals surface area contributed by atoms with Crippen molar-refractivity contribution in [2.45, 2.75) is 45.6 Å². The molecule has 0 saturated carbocycles. The summed E-state index contributed by atoms with van der Waals surface area (Å²) < 4.78 is 41.5. The third-order valence-corrected chi connectivity index (χ3v) is 4.52. The summed E-state index contributed by atoms with van der Waals surface area (Å²) in [6.45, 7) is 4.88. The molecule has 28 heavy (non-hydrogen) atoms. The molecule has 0 unspecified atom stereocenters. The van der Waals surface area contributed by atoms with Crippen molar-refractivity contribution in [3.8, 4) is 5.75 Å². The number of aliphatic hydroxyl groups is 1. The summed E-state index contributed by atoms with van der Waals surface area (Å²) in [5, 5.41) is 12.3. The van der Waals surface area contributed by atoms with Gasteiger partial charge in [0, 0.05) is 30.9 Å². The summed E-state index contributed by atoms with van der Waals surface area (Å²) in [6, 6.07) is 6.16. The van der Waals surface area contributed by atoms with E-state index in [1.165, 1.54) is 12.1 Å². The van der Waals surface area contributed by atoms with Gasteiger partial charge in [-0.3, -0.25) is 0 Å². The maximum Gasteiger partial charge on any atom is 0.573 e. The van der Waals surface area contributed by atoms with Crippen LogP contribution >= 0.6 is 0 Å². The van der Waals surface area contributed by atoms with E-state index in [2.05, 4.69) is 20.0 Å². The Balaban J connectivity index is 1.84. The molecule has 0 spiro atoms. The largest absolute Gasteiger partial charge is 0.573 e. The highest BCUT2D eigenvalue weighted by Gasteiger charge is 2.31. The van der Waals surface area contributed by atoms with Crippen LogP contribution in [0.4, 0.5) is 24.9 Å². The molecule has 0 saturated heterocycles. The number of fused-ring (bicyclic) bond motifs is 1. The van der Waals surface area contributed by atoms with Crippen molar-refractivity contribution in [2.24, 2.45) is 0 Å². The molecule has 0 fully saturated rings. The summed E-state index contributed by atoms with van der Waals surface area (Å²) in [5.74, 6) is 0.910. The van der Waals surface area contributed by atoms with E-state index >= 15 is 0 Å². The zero-order chi connectivity index (χ0) is 20.3. The lowest BCUT2D eigenvalue weighted by Gasteiger charge is -2.30. The van der Waals surface area contributed by atoms with Gasteiger partial charge in [0.25, 0.3) is 0 Å². The molecular formula is C19H23F3N4O2. The Labute approximate surface area is 161 Å². The van der Waals surface area contributed by atoms with Crippen LogP contribution in [-0.2, 0) is 19.4 Å². The number of hydrogen-bond donors (Lipinski definition) is 2. The molecule has 2 aromatic rings. The highest BCUT2D eigenvalue weighted by atomic mass is 19.4. The van der Waals surface area contributed by atoms with Crippen LogP contribution in [-0.4, -0.2) is 40.6 Å². The first kappa shape index (κ1) is 20.2. The predicted molar refractivity (Wildman–Crippen MR) is 99.5 cm³/mol. The lowest BCUT2D eigenvalue weighted by atomic mass is 9.99. The molecule has 1 aromatic carbocycles. The molecule has 2 heterocycles. The average Bonchev–Trinajstić information content (AvgIpc) is 2.65. The molecular weight excluding hydrogens is 373 g/mol. The van der Waals surface area contributed by atoms with Crippen LogP contribution in [0.1, 0.15) is 30.7 Å². The van der Waals surface area contributed by atoms with Crippen LogP contribution in [0.3, 0.4) is 0 Å². The maximum atomic E-state index is 12.5. The number of aromatic nitrogens is 2. The molecule has 152 valence electrons. The van der Waals surface area contributed by atoms with Crippen molar-refractivity contribution in [1.29, 1.82) is 0 Å². The standard InChI is InChI=1S/C19H23F3N4O2/c1-3-15-9-17(25-18(24-15)23-12(2)11-27)26-7-6-13-4-5-16(8-14(13)10-26)28-19(20,21)22/h4-5,8-9,12,27H,3,6-7,10-11H2,1-2H3,(H,23,24,25)/t12-/m0/s1. The third-order valence-electron chi connectivity index (χ3n) is 4.52. The minimum atomic E-state index is -4.71. The average molecular weight is 396 g/mol. The Morgan fingerprint density at radius 3 is 2.71 bits per heavy atom. The van der Waals surface area contributed by atoms with Gasteiger partial charge in [0.1, 0.15) is 11.6 Å². The van der Waals surface area contributed by atoms with E-state index < -0.39 is 6.36 Å². The van der Waals surface area contributed by atoms with Crippen LogP contribution in [0.5, 0.6) is 5.75 Å². The number of aryl methyl sites for hydroxylation is 1. The summed E-state index contributed by atoms with van der Waals surface area (Å²) in [4.78, 5) is 11.0. The summed E-state index contributed by atoms with van der Waals surface area (Å²) >= 11 is 0. The molecule has 0 aliphatic carbocycles. The number of rotatable bonds is 6. The summed E-state index contributed by atoms with van der Waals surface area (Å²) in [7, 11) is 0. The molecule has 6 nitrogen and oxygen atoms in total. The number of benzene rings is 1. The number of aliphatic hydroxyl groups excluding tert-OH is 1. The Kier molecular flexibility index (Phi) is 5.93. The minimum Gasteiger partial charge on any atom is -0.406 e. The van der Waals surface area contributed by atoms with E-state index in [1.807, 2.05) is 24.8 Å². The number of halogens is 3. The van der Waals surface area contributed by atoms with Crippen molar-refractivity contribution in [3.05, 3.63) is 41.1 Å². The van der Waals surface area contributed by atoms with E-state index in [9.17, 15) is 18.3 Å². The van der Waals surface area contributed by atoms with E-state index in [0.29, 0.717) is 37.7 Å². The number of nitrogens with zero attached hydrogens (tertiary/aromatic N) is 3. The maximum absolute atomic E-state index is 12.5. The molecule has 1 aliphatic rings. The van der Waals surface area contributed by atoms with Crippen LogP contribution in [0, 0.1) is 0 Å². The van der Waals surface area contributed by atoms with Gasteiger partial charge in [0.15, 0.2) is 0 Å². The first-order valence-electron chi connectivity index (χ1n) is 9.15. The summed E-state index contributed by atoms with van der Waals surface area (Å²) in [6.07, 6.45) is -3.30. The zero-order valence-corrected chi connectivity index (χ0v) is 15.8. The van der Waals surface area contributed by atoms with Crippen LogP contribution in [0.2, 0.25) is 0 Å². The Morgan fingerprint density at radius 2 is 2.04 bits per heavy atom. The first-order chi connectivity index (χ1) is 13.3. The zero-order valence-electron chi connectivity index (χ0n) is 15.8. The molecule has 0 bridgehead atoms. The Bertz CT molecular complexity index is 829. The number of alkyl halides is 3. The van der Waals surface area contributed by atoms with Crippen LogP contribution in [0.25, 0.3) is 0 Å². The van der Waals surface area contributed by atoms with E-state index in [4.69, 9.17) is 0 Å². The minimum absolute atomic E-state index is 0.0475. The normalized spacial score (nSPS) is 15.1. The fraction of sp³-hybridized carbons (Fsp3) is 0.474.